The molecular weight excluding hydrogens is 979 g/mol. The van der Waals surface area contributed by atoms with Crippen molar-refractivity contribution in [2.24, 2.45) is 29.0 Å². The number of hydrogen-bond acceptors (Lipinski definition) is 16. The van der Waals surface area contributed by atoms with Crippen LogP contribution in [0.25, 0.3) is 16.1 Å². The molecule has 3 unspecified atom stereocenters. The standard InChI is InChI=1S/C40H56N6O4S.C18H27N5O2/c1-26(2)37(35-23-36(43-50-35)45-21-16-33(17-22-45)49-32-14-19-44(20-15-32)24-29-7-5-8-29)40(48)46-18-6-9-34(46)39(47)42-27(3)30-10-12-31(13-11-30)38-28(4)41-25-51-38;19-14(13-3-1-2-4-16(13)24)11-15(17(20)21)23-8-5-18(6-9-23)12-22-7-10-25-18/h10-13,23,25-27,29,32-34,37H,5-9,14-22,24H2,1-4H3,(H,42,47);1-4,11,22,24H,5-10,12,19-21H2/b;14-11-. The summed E-state index contributed by atoms with van der Waals surface area (Å²) in [5, 5.41) is 21.0. The number of benzene rings is 2. The second-order valence-electron chi connectivity index (χ2n) is 22.4. The average molecular weight is 1060 g/mol. The Balaban J connectivity index is 0.000000236. The van der Waals surface area contributed by atoms with Gasteiger partial charge in [0, 0.05) is 82.8 Å². The van der Waals surface area contributed by atoms with E-state index in [4.69, 9.17) is 31.2 Å². The molecule has 18 heteroatoms. The Labute approximate surface area is 453 Å². The smallest absolute Gasteiger partial charge is 0.243 e. The number of carbonyl (C=O) groups is 2. The van der Waals surface area contributed by atoms with Crippen LogP contribution in [0, 0.1) is 18.8 Å². The first-order valence-electron chi connectivity index (χ1n) is 28.0. The van der Waals surface area contributed by atoms with E-state index in [1.807, 2.05) is 45.3 Å². The lowest BCUT2D eigenvalue weighted by atomic mass is 9.85. The molecular formula is C58H83N11O6S. The van der Waals surface area contributed by atoms with Gasteiger partial charge in [0.05, 0.1) is 52.2 Å². The van der Waals surface area contributed by atoms with E-state index in [-0.39, 0.29) is 47.0 Å². The number of phenolic OH excluding ortho intramolecular Hbond substituents is 1. The number of phenols is 1. The molecule has 0 radical (unpaired) electrons. The number of amides is 2. The zero-order valence-corrected chi connectivity index (χ0v) is 46.1. The summed E-state index contributed by atoms with van der Waals surface area (Å²) < 4.78 is 18.5. The number of piperidine rings is 3. The van der Waals surface area contributed by atoms with E-state index in [9.17, 15) is 14.7 Å². The molecule has 4 aromatic rings. The fourth-order valence-corrected chi connectivity index (χ4v) is 12.7. The van der Waals surface area contributed by atoms with Gasteiger partial charge in [-0.05, 0) is 119 Å². The number of ether oxygens (including phenoxy) is 2. The molecule has 17 nitrogen and oxygen atoms in total. The Bertz CT molecular complexity index is 2590. The zero-order valence-electron chi connectivity index (χ0n) is 45.3. The van der Waals surface area contributed by atoms with Crippen LogP contribution in [0.5, 0.6) is 5.75 Å². The maximum Gasteiger partial charge on any atom is 0.243 e. The van der Waals surface area contributed by atoms with Gasteiger partial charge in [-0.2, -0.15) is 0 Å². The summed E-state index contributed by atoms with van der Waals surface area (Å²) >= 11 is 1.63. The van der Waals surface area contributed by atoms with Gasteiger partial charge >= 0.3 is 0 Å². The van der Waals surface area contributed by atoms with Crippen LogP contribution < -0.4 is 32.7 Å². The number of aromatic nitrogens is 2. The number of nitrogens with zero attached hydrogens (tertiary/aromatic N) is 6. The number of rotatable bonds is 15. The van der Waals surface area contributed by atoms with Crippen molar-refractivity contribution in [2.75, 3.05) is 77.0 Å². The largest absolute Gasteiger partial charge is 0.507 e. The Morgan fingerprint density at radius 1 is 0.921 bits per heavy atom. The zero-order chi connectivity index (χ0) is 53.3. The quantitative estimate of drug-likeness (QED) is 0.0648. The van der Waals surface area contributed by atoms with E-state index in [0.29, 0.717) is 41.8 Å². The van der Waals surface area contributed by atoms with Crippen LogP contribution >= 0.6 is 11.3 Å². The molecule has 3 atom stereocenters. The van der Waals surface area contributed by atoms with Crippen LogP contribution in [-0.4, -0.2) is 138 Å². The van der Waals surface area contributed by atoms with Gasteiger partial charge in [0.15, 0.2) is 11.6 Å². The predicted molar refractivity (Wildman–Crippen MR) is 299 cm³/mol. The molecule has 0 bridgehead atoms. The van der Waals surface area contributed by atoms with Crippen molar-refractivity contribution in [2.45, 2.75) is 134 Å². The first-order valence-corrected chi connectivity index (χ1v) is 28.9. The maximum atomic E-state index is 14.2. The van der Waals surface area contributed by atoms with Crippen LogP contribution in [0.3, 0.4) is 0 Å². The van der Waals surface area contributed by atoms with Crippen molar-refractivity contribution in [3.63, 3.8) is 0 Å². The van der Waals surface area contributed by atoms with Gasteiger partial charge in [-0.25, -0.2) is 4.98 Å². The molecule has 5 saturated heterocycles. The molecule has 412 valence electrons. The minimum Gasteiger partial charge on any atom is -0.507 e. The van der Waals surface area contributed by atoms with E-state index in [0.717, 1.165) is 124 Å². The maximum absolute atomic E-state index is 14.2. The number of thiazole rings is 1. The van der Waals surface area contributed by atoms with E-state index < -0.39 is 12.0 Å². The number of carbonyl (C=O) groups excluding carboxylic acids is 2. The van der Waals surface area contributed by atoms with Crippen molar-refractivity contribution >= 4 is 34.7 Å². The number of morpholine rings is 1. The molecule has 76 heavy (non-hydrogen) atoms. The van der Waals surface area contributed by atoms with Crippen LogP contribution in [0.4, 0.5) is 5.82 Å². The van der Waals surface area contributed by atoms with Crippen LogP contribution in [0.1, 0.15) is 126 Å². The van der Waals surface area contributed by atoms with Crippen LogP contribution in [-0.2, 0) is 19.1 Å². The highest BCUT2D eigenvalue weighted by atomic mass is 32.1. The Morgan fingerprint density at radius 2 is 1.63 bits per heavy atom. The molecule has 1 aliphatic carbocycles. The Kier molecular flexibility index (Phi) is 18.3. The number of likely N-dealkylation sites (tertiary alicyclic amines) is 3. The van der Waals surface area contributed by atoms with Crippen molar-refractivity contribution in [1.29, 1.82) is 0 Å². The number of aromatic hydroxyl groups is 1. The topological polar surface area (TPSA) is 227 Å². The van der Waals surface area contributed by atoms with E-state index in [1.165, 1.54) is 38.9 Å². The summed E-state index contributed by atoms with van der Waals surface area (Å²) in [6.45, 7) is 18.1. The summed E-state index contributed by atoms with van der Waals surface area (Å²) in [4.78, 5) is 42.1. The lowest BCUT2D eigenvalue weighted by Crippen LogP contribution is -2.55. The van der Waals surface area contributed by atoms with Crippen LogP contribution in [0.2, 0.25) is 0 Å². The molecule has 1 saturated carbocycles. The predicted octanol–water partition coefficient (Wildman–Crippen LogP) is 7.20. The fraction of sp³-hybridized carbons (Fsp3) is 0.586. The van der Waals surface area contributed by atoms with Gasteiger partial charge in [0.1, 0.15) is 23.5 Å². The lowest BCUT2D eigenvalue weighted by Gasteiger charge is -2.45. The van der Waals surface area contributed by atoms with Gasteiger partial charge in [-0.15, -0.1) is 11.3 Å². The SMILES string of the molecule is Cc1ncsc1-c1ccc(C(C)NC(=O)C2CCCN2C(=O)C(c2cc(N3CCC(OC4CCN(CC5CCC5)CC4)CC3)no2)C(C)C)cc1.NC(N)=C(/C=C(\N)c1ccccc1O)N1CCC2(CC1)CNCCO2. The average Bonchev–Trinajstić information content (AvgIpc) is 4.21. The first-order chi connectivity index (χ1) is 36.7. The molecule has 7 heterocycles. The van der Waals surface area contributed by atoms with Gasteiger partial charge in [-0.3, -0.25) is 9.59 Å². The third-order valence-electron chi connectivity index (χ3n) is 16.8. The molecule has 10 rings (SSSR count). The number of nitrogens with one attached hydrogen (secondary N) is 2. The van der Waals surface area contributed by atoms with E-state index in [1.54, 1.807) is 40.5 Å². The number of nitrogens with two attached hydrogens (primary N) is 3. The lowest BCUT2D eigenvalue weighted by molar-refractivity contribution is -0.141. The highest BCUT2D eigenvalue weighted by molar-refractivity contribution is 7.13. The van der Waals surface area contributed by atoms with Gasteiger partial charge < -0.3 is 66.5 Å². The molecule has 2 aromatic heterocycles. The van der Waals surface area contributed by atoms with Crippen molar-refractivity contribution < 1.29 is 28.7 Å². The van der Waals surface area contributed by atoms with Crippen LogP contribution in [0.15, 0.2) is 82.2 Å². The molecule has 6 aliphatic rings. The number of anilines is 1. The molecule has 6 fully saturated rings. The number of allylic oxidation sites excluding steroid dienone is 1. The second-order valence-corrected chi connectivity index (χ2v) is 23.2. The molecule has 5 aliphatic heterocycles. The molecule has 9 N–H and O–H groups in total. The normalized spacial score (nSPS) is 21.7. The minimum atomic E-state index is -0.504. The summed E-state index contributed by atoms with van der Waals surface area (Å²) in [7, 11) is 0. The van der Waals surface area contributed by atoms with Gasteiger partial charge in [0.25, 0.3) is 0 Å². The first kappa shape index (κ1) is 55.1. The number of hydrogen-bond donors (Lipinski definition) is 6. The minimum absolute atomic E-state index is 0.0125. The summed E-state index contributed by atoms with van der Waals surface area (Å²) in [5.74, 6) is 1.96. The summed E-state index contributed by atoms with van der Waals surface area (Å²) in [5.41, 5.74) is 24.6. The van der Waals surface area contributed by atoms with E-state index >= 15 is 0 Å². The molecule has 2 aromatic carbocycles. The highest BCUT2D eigenvalue weighted by Gasteiger charge is 2.41. The van der Waals surface area contributed by atoms with Gasteiger partial charge in [-0.1, -0.05) is 61.8 Å². The summed E-state index contributed by atoms with van der Waals surface area (Å²) in [6.07, 6.45) is 14.1. The number of aryl methyl sites for hydroxylation is 1. The van der Waals surface area contributed by atoms with Crippen molar-refractivity contribution in [1.82, 2.24) is 35.5 Å². The fourth-order valence-electron chi connectivity index (χ4n) is 11.9. The van der Waals surface area contributed by atoms with Crippen molar-refractivity contribution in [3.05, 3.63) is 100 Å². The molecule has 1 spiro atoms. The number of para-hydroxylation sites is 1. The third-order valence-corrected chi connectivity index (χ3v) is 17.7. The Hall–Kier alpha value is -5.66. The monoisotopic (exact) mass is 1060 g/mol. The molecule has 2 amide bonds. The highest BCUT2D eigenvalue weighted by Crippen LogP contribution is 2.36. The second kappa shape index (κ2) is 25.2. The van der Waals surface area contributed by atoms with E-state index in [2.05, 4.69) is 59.7 Å². The summed E-state index contributed by atoms with van der Waals surface area (Å²) in [6, 6.07) is 16.5. The van der Waals surface area contributed by atoms with Crippen molar-refractivity contribution in [3.8, 4) is 16.2 Å². The third kappa shape index (κ3) is 13.4. The Morgan fingerprint density at radius 3 is 2.25 bits per heavy atom. The van der Waals surface area contributed by atoms with Gasteiger partial charge in [0.2, 0.25) is 11.8 Å².